The van der Waals surface area contributed by atoms with Crippen LogP contribution >= 0.6 is 0 Å². The number of nitrogens with one attached hydrogen (secondary N) is 1. The molecule has 0 bridgehead atoms. The fraction of sp³-hybridized carbons (Fsp3) is 0.625. The van der Waals surface area contributed by atoms with Crippen molar-refractivity contribution in [1.82, 2.24) is 15.2 Å². The van der Waals surface area contributed by atoms with Gasteiger partial charge in [-0.1, -0.05) is 6.92 Å². The Morgan fingerprint density at radius 3 is 2.67 bits per heavy atom. The minimum absolute atomic E-state index is 0.152. The summed E-state index contributed by atoms with van der Waals surface area (Å²) in [4.78, 5) is 20.8. The average molecular weight is 290 g/mol. The number of aromatic nitrogens is 1. The second-order valence-corrected chi connectivity index (χ2v) is 6.16. The lowest BCUT2D eigenvalue weighted by atomic mass is 9.97. The van der Waals surface area contributed by atoms with Crippen LogP contribution < -0.4 is 10.2 Å². The summed E-state index contributed by atoms with van der Waals surface area (Å²) in [5.74, 6) is 0.152. The van der Waals surface area contributed by atoms with Crippen LogP contribution in [0.3, 0.4) is 0 Å². The van der Waals surface area contributed by atoms with Gasteiger partial charge in [0.15, 0.2) is 0 Å². The molecule has 2 heterocycles. The molecule has 1 unspecified atom stereocenters. The predicted molar refractivity (Wildman–Crippen MR) is 85.4 cm³/mol. The van der Waals surface area contributed by atoms with Crippen molar-refractivity contribution >= 4 is 11.6 Å². The fourth-order valence-electron chi connectivity index (χ4n) is 2.89. The van der Waals surface area contributed by atoms with Crippen molar-refractivity contribution in [3.05, 3.63) is 24.0 Å². The van der Waals surface area contributed by atoms with Crippen LogP contribution in [-0.2, 0) is 4.79 Å². The summed E-state index contributed by atoms with van der Waals surface area (Å²) in [5, 5.41) is 3.35. The van der Waals surface area contributed by atoms with Crippen LogP contribution in [0.5, 0.6) is 0 Å². The minimum atomic E-state index is -0.524. The van der Waals surface area contributed by atoms with E-state index in [9.17, 15) is 4.79 Å². The van der Waals surface area contributed by atoms with E-state index in [-0.39, 0.29) is 11.9 Å². The summed E-state index contributed by atoms with van der Waals surface area (Å²) < 4.78 is 0. The maximum Gasteiger partial charge on any atom is 0.247 e. The molecule has 1 aliphatic heterocycles. The summed E-state index contributed by atoms with van der Waals surface area (Å²) in [7, 11) is 1.86. The highest BCUT2D eigenvalue weighted by molar-refractivity contribution is 5.90. The zero-order chi connectivity index (χ0) is 15.6. The largest absolute Gasteiger partial charge is 0.354 e. The van der Waals surface area contributed by atoms with Gasteiger partial charge in [0.1, 0.15) is 5.54 Å². The summed E-state index contributed by atoms with van der Waals surface area (Å²) in [6.07, 6.45) is 1.88. The van der Waals surface area contributed by atoms with Gasteiger partial charge in [-0.25, -0.2) is 0 Å². The topological polar surface area (TPSA) is 48.5 Å². The highest BCUT2D eigenvalue weighted by Crippen LogP contribution is 2.28. The van der Waals surface area contributed by atoms with Crippen molar-refractivity contribution in [3.63, 3.8) is 0 Å². The van der Waals surface area contributed by atoms with Gasteiger partial charge in [0, 0.05) is 26.2 Å². The van der Waals surface area contributed by atoms with E-state index in [1.54, 1.807) is 4.90 Å². The molecule has 2 rings (SSSR count). The Hall–Kier alpha value is -1.62. The van der Waals surface area contributed by atoms with Crippen LogP contribution in [0.15, 0.2) is 18.3 Å². The molecule has 0 aromatic carbocycles. The molecule has 1 atom stereocenters. The number of anilines is 1. The molecular formula is C16H26N4O. The van der Waals surface area contributed by atoms with Crippen LogP contribution in [0.1, 0.15) is 39.4 Å². The zero-order valence-electron chi connectivity index (χ0n) is 13.7. The molecule has 0 spiro atoms. The number of piperazine rings is 1. The van der Waals surface area contributed by atoms with Crippen molar-refractivity contribution in [3.8, 4) is 0 Å². The second kappa shape index (κ2) is 6.02. The lowest BCUT2D eigenvalue weighted by Gasteiger charge is -2.46. The van der Waals surface area contributed by atoms with Crippen LogP contribution in [0.4, 0.5) is 5.69 Å². The summed E-state index contributed by atoms with van der Waals surface area (Å²) >= 11 is 0. The summed E-state index contributed by atoms with van der Waals surface area (Å²) in [5.41, 5.74) is 1.51. The van der Waals surface area contributed by atoms with Gasteiger partial charge in [0.25, 0.3) is 0 Å². The van der Waals surface area contributed by atoms with Crippen molar-refractivity contribution in [1.29, 1.82) is 0 Å². The minimum Gasteiger partial charge on any atom is -0.354 e. The van der Waals surface area contributed by atoms with Gasteiger partial charge in [0.2, 0.25) is 5.91 Å². The smallest absolute Gasteiger partial charge is 0.247 e. The lowest BCUT2D eigenvalue weighted by molar-refractivity contribution is -0.136. The van der Waals surface area contributed by atoms with Gasteiger partial charge in [-0.2, -0.15) is 0 Å². The number of rotatable bonds is 4. The van der Waals surface area contributed by atoms with E-state index in [2.05, 4.69) is 35.1 Å². The van der Waals surface area contributed by atoms with E-state index in [1.807, 2.05) is 33.2 Å². The molecule has 5 nitrogen and oxygen atoms in total. The van der Waals surface area contributed by atoms with Gasteiger partial charge in [-0.15, -0.1) is 0 Å². The molecule has 0 aliphatic carbocycles. The van der Waals surface area contributed by atoms with E-state index >= 15 is 0 Å². The Bertz CT molecular complexity index is 498. The fourth-order valence-corrected chi connectivity index (χ4v) is 2.89. The number of carbonyl (C=O) groups excluding carboxylic acids is 1. The number of nitrogens with zero attached hydrogens (tertiary/aromatic N) is 3. The highest BCUT2D eigenvalue weighted by atomic mass is 16.2. The first kappa shape index (κ1) is 15.8. The molecule has 116 valence electrons. The normalized spacial score (nSPS) is 19.8. The maximum atomic E-state index is 12.3. The molecule has 0 radical (unpaired) electrons. The summed E-state index contributed by atoms with van der Waals surface area (Å²) in [6, 6.07) is 4.35. The van der Waals surface area contributed by atoms with Crippen LogP contribution in [0.2, 0.25) is 0 Å². The second-order valence-electron chi connectivity index (χ2n) is 6.16. The number of hydrogen-bond donors (Lipinski definition) is 1. The first-order chi connectivity index (χ1) is 9.87. The number of carbonyl (C=O) groups is 1. The van der Waals surface area contributed by atoms with E-state index in [0.717, 1.165) is 31.0 Å². The van der Waals surface area contributed by atoms with Gasteiger partial charge < -0.3 is 15.1 Å². The SMILES string of the molecule is CCNC(C)c1ccc(N2CCN(C)C(=O)C2(C)C)cn1. The van der Waals surface area contributed by atoms with Gasteiger partial charge in [-0.3, -0.25) is 9.78 Å². The maximum absolute atomic E-state index is 12.3. The molecule has 1 aromatic rings. The van der Waals surface area contributed by atoms with Crippen molar-refractivity contribution in [2.24, 2.45) is 0 Å². The number of pyridine rings is 1. The average Bonchev–Trinajstić information content (AvgIpc) is 2.45. The molecule has 1 amide bonds. The molecule has 21 heavy (non-hydrogen) atoms. The summed E-state index contributed by atoms with van der Waals surface area (Å²) in [6.45, 7) is 10.6. The van der Waals surface area contributed by atoms with Crippen LogP contribution in [0, 0.1) is 0 Å². The predicted octanol–water partition coefficient (Wildman–Crippen LogP) is 1.81. The highest BCUT2D eigenvalue weighted by Gasteiger charge is 2.40. The number of amides is 1. The molecule has 1 aliphatic rings. The Morgan fingerprint density at radius 1 is 1.38 bits per heavy atom. The van der Waals surface area contributed by atoms with Gasteiger partial charge >= 0.3 is 0 Å². The third-order valence-electron chi connectivity index (χ3n) is 4.24. The molecule has 0 saturated carbocycles. The van der Waals surface area contributed by atoms with E-state index < -0.39 is 5.54 Å². The molecule has 1 aromatic heterocycles. The molecular weight excluding hydrogens is 264 g/mol. The molecule has 1 fully saturated rings. The molecule has 5 heteroatoms. The Balaban J connectivity index is 2.20. The standard InChI is InChI=1S/C16H26N4O/c1-6-17-12(2)14-8-7-13(11-18-14)20-10-9-19(5)15(21)16(20,3)4/h7-8,11-12,17H,6,9-10H2,1-5H3. The van der Waals surface area contributed by atoms with Gasteiger partial charge in [0.05, 0.1) is 17.6 Å². The quantitative estimate of drug-likeness (QED) is 0.919. The van der Waals surface area contributed by atoms with Crippen molar-refractivity contribution in [2.45, 2.75) is 39.3 Å². The Morgan fingerprint density at radius 2 is 2.10 bits per heavy atom. The van der Waals surface area contributed by atoms with Crippen molar-refractivity contribution < 1.29 is 4.79 Å². The monoisotopic (exact) mass is 290 g/mol. The molecule has 1 N–H and O–H groups in total. The lowest BCUT2D eigenvalue weighted by Crippen LogP contribution is -2.62. The van der Waals surface area contributed by atoms with E-state index in [1.165, 1.54) is 0 Å². The number of likely N-dealkylation sites (N-methyl/N-ethyl adjacent to an activating group) is 1. The van der Waals surface area contributed by atoms with Crippen LogP contribution in [0.25, 0.3) is 0 Å². The first-order valence-corrected chi connectivity index (χ1v) is 7.60. The molecule has 1 saturated heterocycles. The van der Waals surface area contributed by atoms with Gasteiger partial charge in [-0.05, 0) is 39.4 Å². The van der Waals surface area contributed by atoms with Crippen molar-refractivity contribution in [2.75, 3.05) is 31.6 Å². The van der Waals surface area contributed by atoms with E-state index in [0.29, 0.717) is 0 Å². The number of hydrogen-bond acceptors (Lipinski definition) is 4. The third kappa shape index (κ3) is 3.02. The van der Waals surface area contributed by atoms with E-state index in [4.69, 9.17) is 0 Å². The third-order valence-corrected chi connectivity index (χ3v) is 4.24. The Labute approximate surface area is 127 Å². The zero-order valence-corrected chi connectivity index (χ0v) is 13.7. The Kier molecular flexibility index (Phi) is 4.52. The first-order valence-electron chi connectivity index (χ1n) is 7.60. The van der Waals surface area contributed by atoms with Crippen LogP contribution in [-0.4, -0.2) is 48.0 Å².